The molecule has 1 saturated carbocycles. The average molecular weight is 554 g/mol. The first-order valence-electron chi connectivity index (χ1n) is 13.1. The molecule has 0 aliphatic heterocycles. The average Bonchev–Trinajstić information content (AvgIpc) is 3.21. The van der Waals surface area contributed by atoms with Crippen LogP contribution in [0.3, 0.4) is 0 Å². The first-order chi connectivity index (χ1) is 19.0. The summed E-state index contributed by atoms with van der Waals surface area (Å²) in [5.41, 5.74) is 3.02. The largest absolute Gasteiger partial charge is 0.496 e. The number of ether oxygens (including phenoxy) is 1. The molecule has 40 heavy (non-hydrogen) atoms. The van der Waals surface area contributed by atoms with E-state index in [1.54, 1.807) is 7.11 Å². The molecule has 1 aliphatic rings. The maximum absolute atomic E-state index is 13.2. The van der Waals surface area contributed by atoms with E-state index in [-0.39, 0.29) is 24.1 Å². The fraction of sp³-hybridized carbons (Fsp3) is 0.379. The zero-order valence-corrected chi connectivity index (χ0v) is 22.6. The number of benzene rings is 2. The van der Waals surface area contributed by atoms with E-state index in [2.05, 4.69) is 15.3 Å². The summed E-state index contributed by atoms with van der Waals surface area (Å²) in [6.07, 6.45) is -1.18. The number of carboxylic acids is 1. The molecule has 210 valence electrons. The standard InChI is InChI=1S/C29H30F3N5O3/c1-15-12-20(13-16(2)23(15)40-4)27-36-25-22(37(27)14-18-8-10-21(11-9-18)29(30,31)32)24(34-26(35-25)28(38)39)33-17(3)19-6-5-7-19/h8-13,17,19H,5-7,14H2,1-4H3,(H,38,39)(H,33,34,35)/t17-/m1/s1. The minimum atomic E-state index is -4.45. The number of methoxy groups -OCH3 is 1. The van der Waals surface area contributed by atoms with Crippen LogP contribution in [0.1, 0.15) is 59.1 Å². The van der Waals surface area contributed by atoms with E-state index >= 15 is 0 Å². The van der Waals surface area contributed by atoms with Gasteiger partial charge < -0.3 is 19.7 Å². The zero-order valence-electron chi connectivity index (χ0n) is 22.6. The molecule has 1 fully saturated rings. The quantitative estimate of drug-likeness (QED) is 0.257. The van der Waals surface area contributed by atoms with E-state index in [1.807, 2.05) is 37.5 Å². The summed E-state index contributed by atoms with van der Waals surface area (Å²) >= 11 is 0. The summed E-state index contributed by atoms with van der Waals surface area (Å²) in [5.74, 6) is 0.309. The van der Waals surface area contributed by atoms with Crippen LogP contribution >= 0.6 is 0 Å². The number of nitrogens with one attached hydrogen (secondary N) is 1. The number of carbonyl (C=O) groups is 1. The lowest BCUT2D eigenvalue weighted by molar-refractivity contribution is -0.137. The molecular weight excluding hydrogens is 523 g/mol. The number of aromatic carboxylic acids is 1. The molecule has 2 aromatic carbocycles. The summed E-state index contributed by atoms with van der Waals surface area (Å²) in [6, 6.07) is 8.80. The molecule has 4 aromatic rings. The number of aromatic nitrogens is 4. The third kappa shape index (κ3) is 5.20. The maximum Gasteiger partial charge on any atom is 0.416 e. The number of fused-ring (bicyclic) bond motifs is 1. The SMILES string of the molecule is COc1c(C)cc(-c2nc3nc(C(=O)O)nc(N[C@H](C)C4CCC4)c3n2Cc2ccc(C(F)(F)F)cc2)cc1C. The Morgan fingerprint density at radius 2 is 1.77 bits per heavy atom. The van der Waals surface area contributed by atoms with Crippen LogP contribution in [0.25, 0.3) is 22.6 Å². The van der Waals surface area contributed by atoms with Crippen molar-refractivity contribution in [2.75, 3.05) is 12.4 Å². The third-order valence-electron chi connectivity index (χ3n) is 7.56. The predicted octanol–water partition coefficient (Wildman–Crippen LogP) is 6.48. The van der Waals surface area contributed by atoms with Gasteiger partial charge in [0.25, 0.3) is 0 Å². The number of halogens is 3. The second-order valence-electron chi connectivity index (χ2n) is 10.4. The highest BCUT2D eigenvalue weighted by Gasteiger charge is 2.30. The van der Waals surface area contributed by atoms with E-state index in [1.165, 1.54) is 12.1 Å². The molecule has 1 atom stereocenters. The van der Waals surface area contributed by atoms with E-state index in [0.717, 1.165) is 53.8 Å². The Morgan fingerprint density at radius 1 is 1.12 bits per heavy atom. The van der Waals surface area contributed by atoms with Gasteiger partial charge in [-0.3, -0.25) is 0 Å². The molecule has 0 amide bonds. The smallest absolute Gasteiger partial charge is 0.416 e. The van der Waals surface area contributed by atoms with Gasteiger partial charge in [-0.25, -0.2) is 19.7 Å². The van der Waals surface area contributed by atoms with Crippen LogP contribution < -0.4 is 10.1 Å². The van der Waals surface area contributed by atoms with Gasteiger partial charge in [-0.1, -0.05) is 18.6 Å². The van der Waals surface area contributed by atoms with E-state index in [4.69, 9.17) is 9.72 Å². The van der Waals surface area contributed by atoms with Crippen molar-refractivity contribution in [1.82, 2.24) is 19.5 Å². The highest BCUT2D eigenvalue weighted by Crippen LogP contribution is 2.36. The minimum Gasteiger partial charge on any atom is -0.496 e. The molecule has 2 aromatic heterocycles. The number of hydrogen-bond acceptors (Lipinski definition) is 6. The molecule has 0 radical (unpaired) electrons. The third-order valence-corrected chi connectivity index (χ3v) is 7.56. The van der Waals surface area contributed by atoms with Crippen molar-refractivity contribution in [1.29, 1.82) is 0 Å². The number of aryl methyl sites for hydroxylation is 2. The Kier molecular flexibility index (Phi) is 7.16. The Hall–Kier alpha value is -4.15. The first-order valence-corrected chi connectivity index (χ1v) is 13.1. The lowest BCUT2D eigenvalue weighted by Gasteiger charge is -2.32. The maximum atomic E-state index is 13.2. The molecule has 0 saturated heterocycles. The number of imidazole rings is 1. The fourth-order valence-electron chi connectivity index (χ4n) is 5.26. The monoisotopic (exact) mass is 553 g/mol. The highest BCUT2D eigenvalue weighted by molar-refractivity contribution is 5.92. The van der Waals surface area contributed by atoms with Gasteiger partial charge in [-0.15, -0.1) is 0 Å². The van der Waals surface area contributed by atoms with Crippen molar-refractivity contribution < 1.29 is 27.8 Å². The van der Waals surface area contributed by atoms with Crippen molar-refractivity contribution in [2.24, 2.45) is 5.92 Å². The van der Waals surface area contributed by atoms with Gasteiger partial charge in [0.05, 0.1) is 12.7 Å². The van der Waals surface area contributed by atoms with Crippen LogP contribution in [0.5, 0.6) is 5.75 Å². The normalized spacial score (nSPS) is 14.7. The van der Waals surface area contributed by atoms with Crippen molar-refractivity contribution >= 4 is 23.0 Å². The molecule has 5 rings (SSSR count). The number of carboxylic acid groups (broad SMARTS) is 1. The van der Waals surface area contributed by atoms with Crippen LogP contribution in [0.15, 0.2) is 36.4 Å². The van der Waals surface area contributed by atoms with Crippen LogP contribution in [-0.4, -0.2) is 43.7 Å². The summed E-state index contributed by atoms with van der Waals surface area (Å²) < 4.78 is 47.0. The molecule has 1 aliphatic carbocycles. The van der Waals surface area contributed by atoms with Gasteiger partial charge in [0, 0.05) is 18.2 Å². The van der Waals surface area contributed by atoms with Crippen LogP contribution in [0.4, 0.5) is 19.0 Å². The number of nitrogens with zero attached hydrogens (tertiary/aromatic N) is 4. The Morgan fingerprint density at radius 3 is 2.30 bits per heavy atom. The second-order valence-corrected chi connectivity index (χ2v) is 10.4. The number of anilines is 1. The van der Waals surface area contributed by atoms with E-state index in [0.29, 0.717) is 28.6 Å². The molecule has 0 spiro atoms. The highest BCUT2D eigenvalue weighted by atomic mass is 19.4. The zero-order chi connectivity index (χ0) is 28.8. The Balaban J connectivity index is 1.71. The van der Waals surface area contributed by atoms with Gasteiger partial charge in [-0.2, -0.15) is 13.2 Å². The molecule has 11 heteroatoms. The van der Waals surface area contributed by atoms with Crippen LogP contribution in [0.2, 0.25) is 0 Å². The summed E-state index contributed by atoms with van der Waals surface area (Å²) in [4.78, 5) is 25.3. The molecule has 0 bridgehead atoms. The van der Waals surface area contributed by atoms with Crippen molar-refractivity contribution in [3.8, 4) is 17.1 Å². The van der Waals surface area contributed by atoms with Crippen LogP contribution in [-0.2, 0) is 12.7 Å². The topological polar surface area (TPSA) is 102 Å². The number of alkyl halides is 3. The van der Waals surface area contributed by atoms with Crippen molar-refractivity contribution in [2.45, 2.75) is 58.8 Å². The summed E-state index contributed by atoms with van der Waals surface area (Å²) in [6.45, 7) is 6.02. The molecular formula is C29H30F3N5O3. The van der Waals surface area contributed by atoms with Crippen molar-refractivity contribution in [3.63, 3.8) is 0 Å². The first kappa shape index (κ1) is 27.4. The van der Waals surface area contributed by atoms with Gasteiger partial charge in [0.2, 0.25) is 5.82 Å². The fourth-order valence-corrected chi connectivity index (χ4v) is 5.26. The lowest BCUT2D eigenvalue weighted by atomic mass is 9.80. The summed E-state index contributed by atoms with van der Waals surface area (Å²) in [5, 5.41) is 13.1. The summed E-state index contributed by atoms with van der Waals surface area (Å²) in [7, 11) is 1.60. The number of rotatable bonds is 8. The molecule has 2 N–H and O–H groups in total. The molecule has 2 heterocycles. The Bertz CT molecular complexity index is 1550. The number of hydrogen-bond donors (Lipinski definition) is 2. The van der Waals surface area contributed by atoms with Crippen LogP contribution in [0, 0.1) is 19.8 Å². The molecule has 8 nitrogen and oxygen atoms in total. The van der Waals surface area contributed by atoms with Gasteiger partial charge in [-0.05, 0) is 80.5 Å². The second kappa shape index (κ2) is 10.4. The predicted molar refractivity (Wildman–Crippen MR) is 145 cm³/mol. The lowest BCUT2D eigenvalue weighted by Crippen LogP contribution is -2.31. The van der Waals surface area contributed by atoms with E-state index < -0.39 is 17.7 Å². The minimum absolute atomic E-state index is 0.0249. The van der Waals surface area contributed by atoms with Gasteiger partial charge >= 0.3 is 12.1 Å². The van der Waals surface area contributed by atoms with Gasteiger partial charge in [0.15, 0.2) is 11.5 Å². The molecule has 0 unspecified atom stereocenters. The van der Waals surface area contributed by atoms with Gasteiger partial charge in [0.1, 0.15) is 17.1 Å². The van der Waals surface area contributed by atoms with E-state index in [9.17, 15) is 23.1 Å². The Labute approximate surface area is 229 Å². The van der Waals surface area contributed by atoms with Crippen molar-refractivity contribution in [3.05, 3.63) is 64.5 Å².